The van der Waals surface area contributed by atoms with E-state index in [1.165, 1.54) is 64.7 Å². The van der Waals surface area contributed by atoms with Gasteiger partial charge in [-0.15, -0.1) is 0 Å². The summed E-state index contributed by atoms with van der Waals surface area (Å²) in [6.07, 6.45) is 8.35. The summed E-state index contributed by atoms with van der Waals surface area (Å²) in [5, 5.41) is 3.48. The first kappa shape index (κ1) is 13.0. The first-order valence-corrected chi connectivity index (χ1v) is 6.83. The second-order valence-corrected chi connectivity index (χ2v) is 4.67. The SMILES string of the molecule is CCCNCCCN(CC)C1CCCC1. The van der Waals surface area contributed by atoms with Crippen molar-refractivity contribution in [2.24, 2.45) is 0 Å². The quantitative estimate of drug-likeness (QED) is 0.622. The van der Waals surface area contributed by atoms with Crippen LogP contribution in [0.4, 0.5) is 0 Å². The van der Waals surface area contributed by atoms with E-state index in [1.807, 2.05) is 0 Å². The third-order valence-electron chi connectivity index (χ3n) is 3.47. The monoisotopic (exact) mass is 212 g/mol. The zero-order valence-corrected chi connectivity index (χ0v) is 10.6. The van der Waals surface area contributed by atoms with Gasteiger partial charge in [-0.25, -0.2) is 0 Å². The largest absolute Gasteiger partial charge is 0.317 e. The normalized spacial score (nSPS) is 17.8. The van der Waals surface area contributed by atoms with Gasteiger partial charge in [-0.1, -0.05) is 26.7 Å². The fourth-order valence-electron chi connectivity index (χ4n) is 2.58. The highest BCUT2D eigenvalue weighted by Gasteiger charge is 2.20. The number of nitrogens with one attached hydrogen (secondary N) is 1. The van der Waals surface area contributed by atoms with Crippen LogP contribution in [-0.2, 0) is 0 Å². The van der Waals surface area contributed by atoms with Crippen molar-refractivity contribution in [2.45, 2.75) is 58.4 Å². The molecule has 0 unspecified atom stereocenters. The third-order valence-corrected chi connectivity index (χ3v) is 3.47. The van der Waals surface area contributed by atoms with E-state index in [4.69, 9.17) is 0 Å². The summed E-state index contributed by atoms with van der Waals surface area (Å²) in [6, 6.07) is 0.904. The Morgan fingerprint density at radius 2 is 1.87 bits per heavy atom. The van der Waals surface area contributed by atoms with E-state index in [0.717, 1.165) is 6.04 Å². The van der Waals surface area contributed by atoms with Gasteiger partial charge < -0.3 is 10.2 Å². The summed E-state index contributed by atoms with van der Waals surface area (Å²) < 4.78 is 0. The van der Waals surface area contributed by atoms with Gasteiger partial charge in [0.15, 0.2) is 0 Å². The number of hydrogen-bond donors (Lipinski definition) is 1. The lowest BCUT2D eigenvalue weighted by molar-refractivity contribution is 0.206. The van der Waals surface area contributed by atoms with Gasteiger partial charge in [0, 0.05) is 6.04 Å². The molecule has 0 atom stereocenters. The molecule has 0 bridgehead atoms. The van der Waals surface area contributed by atoms with Crippen LogP contribution in [0.25, 0.3) is 0 Å². The van der Waals surface area contributed by atoms with Gasteiger partial charge >= 0.3 is 0 Å². The van der Waals surface area contributed by atoms with Gasteiger partial charge in [0.1, 0.15) is 0 Å². The Hall–Kier alpha value is -0.0800. The lowest BCUT2D eigenvalue weighted by Gasteiger charge is -2.27. The zero-order valence-electron chi connectivity index (χ0n) is 10.6. The number of rotatable bonds is 8. The highest BCUT2D eigenvalue weighted by Crippen LogP contribution is 2.23. The molecular weight excluding hydrogens is 184 g/mol. The third kappa shape index (κ3) is 4.98. The minimum atomic E-state index is 0.904. The molecule has 0 aromatic heterocycles. The Balaban J connectivity index is 2.05. The van der Waals surface area contributed by atoms with Crippen molar-refractivity contribution in [1.29, 1.82) is 0 Å². The second kappa shape index (κ2) is 8.12. The van der Waals surface area contributed by atoms with E-state index in [0.29, 0.717) is 0 Å². The van der Waals surface area contributed by atoms with Crippen LogP contribution in [0.2, 0.25) is 0 Å². The van der Waals surface area contributed by atoms with E-state index >= 15 is 0 Å². The lowest BCUT2D eigenvalue weighted by Crippen LogP contribution is -2.35. The molecule has 0 saturated heterocycles. The van der Waals surface area contributed by atoms with Gasteiger partial charge in [-0.3, -0.25) is 0 Å². The van der Waals surface area contributed by atoms with Crippen molar-refractivity contribution in [3.05, 3.63) is 0 Å². The molecular formula is C13H28N2. The van der Waals surface area contributed by atoms with E-state index in [2.05, 4.69) is 24.1 Å². The first-order chi connectivity index (χ1) is 7.38. The van der Waals surface area contributed by atoms with Gasteiger partial charge in [0.05, 0.1) is 0 Å². The molecule has 0 aromatic rings. The molecule has 15 heavy (non-hydrogen) atoms. The van der Waals surface area contributed by atoms with Crippen LogP contribution < -0.4 is 5.32 Å². The molecule has 0 spiro atoms. The van der Waals surface area contributed by atoms with Gasteiger partial charge in [0.2, 0.25) is 0 Å². The van der Waals surface area contributed by atoms with Crippen LogP contribution in [0.5, 0.6) is 0 Å². The Kier molecular flexibility index (Phi) is 7.03. The van der Waals surface area contributed by atoms with Crippen molar-refractivity contribution in [2.75, 3.05) is 26.2 Å². The average Bonchev–Trinajstić information content (AvgIpc) is 2.77. The molecule has 1 aliphatic carbocycles. The summed E-state index contributed by atoms with van der Waals surface area (Å²) in [5.41, 5.74) is 0. The van der Waals surface area contributed by atoms with Crippen LogP contribution in [0.15, 0.2) is 0 Å². The molecule has 0 heterocycles. The maximum atomic E-state index is 3.48. The van der Waals surface area contributed by atoms with Gasteiger partial charge in [0.25, 0.3) is 0 Å². The average molecular weight is 212 g/mol. The molecule has 0 aromatic carbocycles. The van der Waals surface area contributed by atoms with Crippen molar-refractivity contribution in [3.63, 3.8) is 0 Å². The van der Waals surface area contributed by atoms with Crippen molar-refractivity contribution in [1.82, 2.24) is 10.2 Å². The molecule has 1 saturated carbocycles. The second-order valence-electron chi connectivity index (χ2n) is 4.67. The summed E-state index contributed by atoms with van der Waals surface area (Å²) in [5.74, 6) is 0. The lowest BCUT2D eigenvalue weighted by atomic mass is 10.2. The van der Waals surface area contributed by atoms with Crippen LogP contribution in [0.1, 0.15) is 52.4 Å². The van der Waals surface area contributed by atoms with E-state index in [9.17, 15) is 0 Å². The highest BCUT2D eigenvalue weighted by molar-refractivity contribution is 4.76. The molecule has 1 rings (SSSR count). The molecule has 0 aliphatic heterocycles. The molecule has 1 aliphatic rings. The van der Waals surface area contributed by atoms with E-state index in [1.54, 1.807) is 0 Å². The Morgan fingerprint density at radius 1 is 1.13 bits per heavy atom. The molecule has 1 N–H and O–H groups in total. The van der Waals surface area contributed by atoms with Crippen LogP contribution >= 0.6 is 0 Å². The minimum Gasteiger partial charge on any atom is -0.317 e. The van der Waals surface area contributed by atoms with Crippen LogP contribution in [-0.4, -0.2) is 37.1 Å². The van der Waals surface area contributed by atoms with Gasteiger partial charge in [-0.2, -0.15) is 0 Å². The topological polar surface area (TPSA) is 15.3 Å². The Morgan fingerprint density at radius 3 is 2.47 bits per heavy atom. The fourth-order valence-corrected chi connectivity index (χ4v) is 2.58. The van der Waals surface area contributed by atoms with Crippen molar-refractivity contribution < 1.29 is 0 Å². The van der Waals surface area contributed by atoms with E-state index < -0.39 is 0 Å². The number of hydrogen-bond acceptors (Lipinski definition) is 2. The molecule has 90 valence electrons. The van der Waals surface area contributed by atoms with Crippen LogP contribution in [0.3, 0.4) is 0 Å². The van der Waals surface area contributed by atoms with Gasteiger partial charge in [-0.05, 0) is 51.9 Å². The molecule has 1 fully saturated rings. The smallest absolute Gasteiger partial charge is 0.00951 e. The van der Waals surface area contributed by atoms with Crippen molar-refractivity contribution in [3.8, 4) is 0 Å². The van der Waals surface area contributed by atoms with Crippen molar-refractivity contribution >= 4 is 0 Å². The predicted octanol–water partition coefficient (Wildman–Crippen LogP) is 2.64. The predicted molar refractivity (Wildman–Crippen MR) is 67.3 cm³/mol. The standard InChI is InChI=1S/C13H28N2/c1-3-10-14-11-7-12-15(4-2)13-8-5-6-9-13/h13-14H,3-12H2,1-2H3. The maximum Gasteiger partial charge on any atom is 0.00951 e. The summed E-state index contributed by atoms with van der Waals surface area (Å²) in [4.78, 5) is 2.68. The fraction of sp³-hybridized carbons (Fsp3) is 1.00. The molecule has 0 radical (unpaired) electrons. The summed E-state index contributed by atoms with van der Waals surface area (Å²) >= 11 is 0. The Bertz CT molecular complexity index is 141. The summed E-state index contributed by atoms with van der Waals surface area (Å²) in [7, 11) is 0. The zero-order chi connectivity index (χ0) is 10.9. The Labute approximate surface area is 95.4 Å². The highest BCUT2D eigenvalue weighted by atomic mass is 15.1. The molecule has 2 heteroatoms. The van der Waals surface area contributed by atoms with Crippen LogP contribution in [0, 0.1) is 0 Å². The minimum absolute atomic E-state index is 0.904. The van der Waals surface area contributed by atoms with E-state index in [-0.39, 0.29) is 0 Å². The summed E-state index contributed by atoms with van der Waals surface area (Å²) in [6.45, 7) is 9.42. The first-order valence-electron chi connectivity index (χ1n) is 6.83. The molecule has 0 amide bonds. The molecule has 2 nitrogen and oxygen atoms in total. The number of nitrogens with zero attached hydrogens (tertiary/aromatic N) is 1. The maximum absolute atomic E-state index is 3.48.